The van der Waals surface area contributed by atoms with Crippen molar-refractivity contribution in [1.82, 2.24) is 0 Å². The Morgan fingerprint density at radius 3 is 2.44 bits per heavy atom. The summed E-state index contributed by atoms with van der Waals surface area (Å²) >= 11 is 2.02. The number of aromatic carboxylic acids is 1. The largest absolute Gasteiger partial charge is 0.490 e. The Morgan fingerprint density at radius 2 is 1.84 bits per heavy atom. The van der Waals surface area contributed by atoms with Crippen LogP contribution in [0.3, 0.4) is 0 Å². The van der Waals surface area contributed by atoms with Gasteiger partial charge in [-0.15, -0.1) is 0 Å². The predicted octanol–water partition coefficient (Wildman–Crippen LogP) is 3.66. The molecule has 0 atom stereocenters. The lowest BCUT2D eigenvalue weighted by molar-refractivity contribution is -0.139. The van der Waals surface area contributed by atoms with Gasteiger partial charge in [0.25, 0.3) is 5.91 Å². The summed E-state index contributed by atoms with van der Waals surface area (Å²) in [5, 5.41) is 23.4. The average Bonchev–Trinajstić information content (AvgIpc) is 3.01. The normalized spacial score (nSPS) is 14.5. The van der Waals surface area contributed by atoms with Gasteiger partial charge < -0.3 is 19.7 Å². The third-order valence-electron chi connectivity index (χ3n) is 4.40. The Labute approximate surface area is 197 Å². The molecule has 0 aromatic heterocycles. The summed E-state index contributed by atoms with van der Waals surface area (Å²) in [4.78, 5) is 34.9. The summed E-state index contributed by atoms with van der Waals surface area (Å²) in [5.74, 6) is -1.83. The number of carbonyl (C=O) groups is 3. The van der Waals surface area contributed by atoms with Crippen molar-refractivity contribution in [3.8, 4) is 11.5 Å². The number of carboxylic acids is 2. The van der Waals surface area contributed by atoms with Gasteiger partial charge in [-0.3, -0.25) is 4.79 Å². The van der Waals surface area contributed by atoms with Crippen molar-refractivity contribution >= 4 is 57.9 Å². The Bertz CT molecular complexity index is 1140. The summed E-state index contributed by atoms with van der Waals surface area (Å²) < 4.78 is 11.6. The summed E-state index contributed by atoms with van der Waals surface area (Å²) in [6, 6.07) is 9.27. The quantitative estimate of drug-likeness (QED) is 0.380. The molecule has 0 radical (unpaired) electrons. The van der Waals surface area contributed by atoms with E-state index in [0.717, 1.165) is 0 Å². The van der Waals surface area contributed by atoms with E-state index in [2.05, 4.69) is 5.10 Å². The monoisotopic (exact) mass is 550 g/mol. The Hall–Kier alpha value is -3.41. The molecule has 0 saturated heterocycles. The van der Waals surface area contributed by atoms with E-state index >= 15 is 0 Å². The van der Waals surface area contributed by atoms with E-state index < -0.39 is 18.5 Å². The number of anilines is 1. The average molecular weight is 550 g/mol. The topological polar surface area (TPSA) is 126 Å². The van der Waals surface area contributed by atoms with Gasteiger partial charge in [-0.2, -0.15) is 10.1 Å². The first-order chi connectivity index (χ1) is 15.2. The molecule has 2 N–H and O–H groups in total. The lowest BCUT2D eigenvalue weighted by Crippen LogP contribution is -2.21. The number of hydrogen-bond acceptors (Lipinski definition) is 6. The van der Waals surface area contributed by atoms with Gasteiger partial charge in [-0.25, -0.2) is 9.59 Å². The van der Waals surface area contributed by atoms with Crippen LogP contribution in [0.5, 0.6) is 11.5 Å². The maximum Gasteiger partial charge on any atom is 0.341 e. The molecule has 0 fully saturated rings. The molecule has 0 aliphatic carbocycles. The first-order valence-corrected chi connectivity index (χ1v) is 10.5. The van der Waals surface area contributed by atoms with Gasteiger partial charge in [0.2, 0.25) is 0 Å². The van der Waals surface area contributed by atoms with Crippen molar-refractivity contribution in [2.24, 2.45) is 5.10 Å². The van der Waals surface area contributed by atoms with Crippen molar-refractivity contribution in [3.05, 3.63) is 56.7 Å². The molecule has 1 amide bonds. The molecule has 0 spiro atoms. The molecule has 32 heavy (non-hydrogen) atoms. The van der Waals surface area contributed by atoms with Gasteiger partial charge in [0.15, 0.2) is 18.1 Å². The van der Waals surface area contributed by atoms with Crippen LogP contribution in [0.25, 0.3) is 6.08 Å². The Morgan fingerprint density at radius 1 is 1.16 bits per heavy atom. The molecule has 0 bridgehead atoms. The highest BCUT2D eigenvalue weighted by molar-refractivity contribution is 14.1. The van der Waals surface area contributed by atoms with E-state index in [0.29, 0.717) is 44.2 Å². The van der Waals surface area contributed by atoms with E-state index in [4.69, 9.17) is 19.7 Å². The Balaban J connectivity index is 1.92. The van der Waals surface area contributed by atoms with Gasteiger partial charge in [-0.05, 0) is 84.5 Å². The van der Waals surface area contributed by atoms with Gasteiger partial charge >= 0.3 is 11.9 Å². The van der Waals surface area contributed by atoms with Gasteiger partial charge in [0.1, 0.15) is 0 Å². The van der Waals surface area contributed by atoms with Gasteiger partial charge in [-0.1, -0.05) is 0 Å². The van der Waals surface area contributed by atoms with Crippen molar-refractivity contribution in [2.75, 3.05) is 18.2 Å². The zero-order chi connectivity index (χ0) is 23.4. The number of halogens is 1. The standard InChI is InChI=1S/C22H19IN2O7/c1-3-31-18-10-13(9-17(23)20(18)32-11-19(26)27)8-16-12(2)24-25(21(16)28)15-6-4-14(5-7-15)22(29)30/h4-10H,3,11H2,1-2H3,(H,26,27)(H,29,30). The zero-order valence-corrected chi connectivity index (χ0v) is 19.3. The van der Waals surface area contributed by atoms with Crippen LogP contribution in [0.2, 0.25) is 0 Å². The molecule has 0 unspecified atom stereocenters. The highest BCUT2D eigenvalue weighted by Crippen LogP contribution is 2.35. The maximum absolute atomic E-state index is 13.0. The number of rotatable bonds is 8. The van der Waals surface area contributed by atoms with Crippen LogP contribution in [0.15, 0.2) is 47.1 Å². The molecule has 2 aromatic carbocycles. The van der Waals surface area contributed by atoms with Gasteiger partial charge in [0.05, 0.1) is 32.7 Å². The van der Waals surface area contributed by atoms with E-state index in [1.807, 2.05) is 22.6 Å². The van der Waals surface area contributed by atoms with Crippen molar-refractivity contribution in [1.29, 1.82) is 0 Å². The fourth-order valence-corrected chi connectivity index (χ4v) is 3.76. The molecule has 9 nitrogen and oxygen atoms in total. The van der Waals surface area contributed by atoms with Crippen LogP contribution < -0.4 is 14.5 Å². The number of hydrazone groups is 1. The SMILES string of the molecule is CCOc1cc(C=C2C(=O)N(c3ccc(C(=O)O)cc3)N=C2C)cc(I)c1OCC(=O)O. The van der Waals surface area contributed by atoms with Crippen LogP contribution in [0, 0.1) is 3.57 Å². The van der Waals surface area contributed by atoms with Crippen molar-refractivity contribution < 1.29 is 34.1 Å². The lowest BCUT2D eigenvalue weighted by Gasteiger charge is -2.14. The molecule has 10 heteroatoms. The highest BCUT2D eigenvalue weighted by atomic mass is 127. The molecule has 166 valence electrons. The number of hydrogen-bond donors (Lipinski definition) is 2. The molecule has 0 saturated carbocycles. The van der Waals surface area contributed by atoms with Crippen LogP contribution in [-0.2, 0) is 9.59 Å². The van der Waals surface area contributed by atoms with Crippen LogP contribution in [0.4, 0.5) is 5.69 Å². The third-order valence-corrected chi connectivity index (χ3v) is 5.21. The second-order valence-electron chi connectivity index (χ2n) is 6.66. The summed E-state index contributed by atoms with van der Waals surface area (Å²) in [5.41, 5.74) is 2.08. The first kappa shape index (κ1) is 23.3. The minimum absolute atomic E-state index is 0.111. The van der Waals surface area contributed by atoms with E-state index in [-0.39, 0.29) is 11.5 Å². The predicted molar refractivity (Wildman–Crippen MR) is 125 cm³/mol. The molecular formula is C22H19IN2O7. The molecule has 2 aromatic rings. The van der Waals surface area contributed by atoms with E-state index in [1.165, 1.54) is 29.3 Å². The number of carbonyl (C=O) groups excluding carboxylic acids is 1. The van der Waals surface area contributed by atoms with Gasteiger partial charge in [0, 0.05) is 0 Å². The summed E-state index contributed by atoms with van der Waals surface area (Å²) in [7, 11) is 0. The van der Waals surface area contributed by atoms with Crippen LogP contribution in [-0.4, -0.2) is 47.0 Å². The summed E-state index contributed by atoms with van der Waals surface area (Å²) in [6.07, 6.45) is 1.67. The van der Waals surface area contributed by atoms with Crippen molar-refractivity contribution in [2.45, 2.75) is 13.8 Å². The Kier molecular flexibility index (Phi) is 7.13. The molecular weight excluding hydrogens is 531 g/mol. The molecule has 3 rings (SSSR count). The zero-order valence-electron chi connectivity index (χ0n) is 17.2. The van der Waals surface area contributed by atoms with E-state index in [9.17, 15) is 14.4 Å². The smallest absolute Gasteiger partial charge is 0.341 e. The lowest BCUT2D eigenvalue weighted by atomic mass is 10.1. The number of nitrogens with zero attached hydrogens (tertiary/aromatic N) is 2. The minimum atomic E-state index is -1.10. The third kappa shape index (κ3) is 5.07. The fraction of sp³-hybridized carbons (Fsp3) is 0.182. The highest BCUT2D eigenvalue weighted by Gasteiger charge is 2.29. The fourth-order valence-electron chi connectivity index (χ4n) is 2.98. The molecule has 1 aliphatic rings. The first-order valence-electron chi connectivity index (χ1n) is 9.47. The van der Waals surface area contributed by atoms with E-state index in [1.54, 1.807) is 32.1 Å². The molecule has 1 heterocycles. The minimum Gasteiger partial charge on any atom is -0.490 e. The molecule has 1 aliphatic heterocycles. The second-order valence-corrected chi connectivity index (χ2v) is 7.82. The number of aliphatic carboxylic acids is 1. The maximum atomic E-state index is 13.0. The number of ether oxygens (including phenoxy) is 2. The van der Waals surface area contributed by atoms with Crippen molar-refractivity contribution in [3.63, 3.8) is 0 Å². The second kappa shape index (κ2) is 9.81. The summed E-state index contributed by atoms with van der Waals surface area (Å²) in [6.45, 7) is 3.34. The van der Waals surface area contributed by atoms with Crippen LogP contribution in [0.1, 0.15) is 29.8 Å². The number of amides is 1. The number of carboxylic acid groups (broad SMARTS) is 2. The number of benzene rings is 2. The van der Waals surface area contributed by atoms with Crippen LogP contribution >= 0.6 is 22.6 Å².